The van der Waals surface area contributed by atoms with Crippen LogP contribution in [0.4, 0.5) is 0 Å². The predicted molar refractivity (Wildman–Crippen MR) is 124 cm³/mol. The van der Waals surface area contributed by atoms with Crippen LogP contribution in [0.1, 0.15) is 11.4 Å². The molecule has 0 fully saturated rings. The largest absolute Gasteiger partial charge is 0.323 e. The maximum absolute atomic E-state index is 12.0. The number of hydrogen-bond donors (Lipinski definition) is 3. The molecule has 1 aromatic heterocycles. The third kappa shape index (κ3) is 9.73. The van der Waals surface area contributed by atoms with Gasteiger partial charge in [-0.05, 0) is 6.07 Å². The normalized spacial score (nSPS) is 12.1. The molecule has 0 bridgehead atoms. The summed E-state index contributed by atoms with van der Waals surface area (Å²) in [4.78, 5) is 33.1. The first-order valence-electron chi connectivity index (χ1n) is 10.3. The first-order valence-corrected chi connectivity index (χ1v) is 10.3. The quantitative estimate of drug-likeness (QED) is 0.275. The lowest BCUT2D eigenvalue weighted by Gasteiger charge is -2.22. The summed E-state index contributed by atoms with van der Waals surface area (Å²) >= 11 is 0. The Balaban J connectivity index is 2.13. The van der Waals surface area contributed by atoms with E-state index in [-0.39, 0.29) is 11.8 Å². The SMILES string of the molecule is C[N+](C)(C)CC(=O)N/N=C/c1cc(CNNC(=O)C[N+](C)(C)C)nc(-c2ccccc2)n1. The molecule has 0 saturated heterocycles. The molecular formula is C22H34N8O2+2. The number of benzene rings is 1. The molecule has 0 aliphatic carbocycles. The topological polar surface area (TPSA) is 108 Å². The van der Waals surface area contributed by atoms with Crippen molar-refractivity contribution in [3.63, 3.8) is 0 Å². The molecule has 0 unspecified atom stereocenters. The van der Waals surface area contributed by atoms with E-state index in [9.17, 15) is 9.59 Å². The lowest BCUT2D eigenvalue weighted by molar-refractivity contribution is -0.862. The third-order valence-corrected chi connectivity index (χ3v) is 3.95. The maximum atomic E-state index is 12.0. The summed E-state index contributed by atoms with van der Waals surface area (Å²) < 4.78 is 1.03. The second-order valence-electron chi connectivity index (χ2n) is 9.57. The molecule has 0 aliphatic heterocycles. The summed E-state index contributed by atoms with van der Waals surface area (Å²) in [6, 6.07) is 11.3. The number of carbonyl (C=O) groups is 2. The van der Waals surface area contributed by atoms with Gasteiger partial charge in [0.2, 0.25) is 0 Å². The summed E-state index contributed by atoms with van der Waals surface area (Å²) in [5.41, 5.74) is 10.2. The van der Waals surface area contributed by atoms with E-state index in [1.54, 1.807) is 6.07 Å². The van der Waals surface area contributed by atoms with E-state index < -0.39 is 0 Å². The van der Waals surface area contributed by atoms with Crippen molar-refractivity contribution in [2.75, 3.05) is 55.4 Å². The standard InChI is InChI=1S/C22H32N8O2/c1-29(2,3)15-20(31)27-23-13-18-12-19(14-24-28-21(32)16-30(4,5)6)26-22(25-18)17-10-8-7-9-11-17/h7-13H,14-16H2,1-6H3,(H-2,23,24,25,26,27,28,31,32)/p+2. The van der Waals surface area contributed by atoms with Crippen molar-refractivity contribution in [3.05, 3.63) is 47.8 Å². The highest BCUT2D eigenvalue weighted by Crippen LogP contribution is 2.15. The summed E-state index contributed by atoms with van der Waals surface area (Å²) in [7, 11) is 11.6. The van der Waals surface area contributed by atoms with E-state index in [0.717, 1.165) is 5.56 Å². The number of nitrogens with zero attached hydrogens (tertiary/aromatic N) is 5. The van der Waals surface area contributed by atoms with Crippen LogP contribution < -0.4 is 16.3 Å². The van der Waals surface area contributed by atoms with Crippen LogP contribution in [-0.2, 0) is 16.1 Å². The highest BCUT2D eigenvalue weighted by atomic mass is 16.2. The Morgan fingerprint density at radius 3 is 2.19 bits per heavy atom. The average molecular weight is 443 g/mol. The molecule has 0 aliphatic rings. The fourth-order valence-corrected chi connectivity index (χ4v) is 2.73. The summed E-state index contributed by atoms with van der Waals surface area (Å²) in [5.74, 6) is 0.228. The number of carbonyl (C=O) groups excluding carboxylic acids is 2. The molecule has 2 aromatic rings. The summed E-state index contributed by atoms with van der Waals surface area (Å²) in [6.45, 7) is 0.954. The predicted octanol–water partition coefficient (Wildman–Crippen LogP) is 0.127. The Kier molecular flexibility index (Phi) is 8.53. The minimum Gasteiger partial charge on any atom is -0.323 e. The Morgan fingerprint density at radius 2 is 1.56 bits per heavy atom. The van der Waals surface area contributed by atoms with Gasteiger partial charge in [0.15, 0.2) is 18.9 Å². The van der Waals surface area contributed by atoms with Crippen molar-refractivity contribution in [2.24, 2.45) is 5.10 Å². The van der Waals surface area contributed by atoms with Gasteiger partial charge in [-0.1, -0.05) is 30.3 Å². The lowest BCUT2D eigenvalue weighted by atomic mass is 10.2. The van der Waals surface area contributed by atoms with Crippen LogP contribution in [0, 0.1) is 0 Å². The van der Waals surface area contributed by atoms with Gasteiger partial charge in [-0.2, -0.15) is 5.10 Å². The zero-order valence-corrected chi connectivity index (χ0v) is 19.7. The highest BCUT2D eigenvalue weighted by Gasteiger charge is 2.15. The zero-order valence-electron chi connectivity index (χ0n) is 19.7. The third-order valence-electron chi connectivity index (χ3n) is 3.95. The van der Waals surface area contributed by atoms with E-state index in [1.165, 1.54) is 6.21 Å². The van der Waals surface area contributed by atoms with Gasteiger partial charge in [-0.15, -0.1) is 0 Å². The van der Waals surface area contributed by atoms with Crippen LogP contribution in [-0.4, -0.2) is 92.3 Å². The molecule has 2 rings (SSSR count). The van der Waals surface area contributed by atoms with Gasteiger partial charge < -0.3 is 8.97 Å². The van der Waals surface area contributed by atoms with Crippen molar-refractivity contribution in [3.8, 4) is 11.4 Å². The monoisotopic (exact) mass is 442 g/mol. The van der Waals surface area contributed by atoms with Gasteiger partial charge in [-0.3, -0.25) is 15.0 Å². The Labute approximate surface area is 189 Å². The molecule has 2 amide bonds. The number of rotatable bonds is 10. The van der Waals surface area contributed by atoms with Crippen LogP contribution in [0.15, 0.2) is 41.5 Å². The van der Waals surface area contributed by atoms with Crippen molar-refractivity contribution in [1.82, 2.24) is 26.2 Å². The van der Waals surface area contributed by atoms with E-state index in [0.29, 0.717) is 45.8 Å². The van der Waals surface area contributed by atoms with Crippen molar-refractivity contribution < 1.29 is 18.6 Å². The number of hydrogen-bond acceptors (Lipinski definition) is 6. The number of aromatic nitrogens is 2. The van der Waals surface area contributed by atoms with Crippen molar-refractivity contribution >= 4 is 18.0 Å². The molecule has 0 spiro atoms. The van der Waals surface area contributed by atoms with Crippen LogP contribution in [0.2, 0.25) is 0 Å². The molecule has 3 N–H and O–H groups in total. The second kappa shape index (κ2) is 10.9. The first kappa shape index (κ1) is 25.1. The number of nitrogens with one attached hydrogen (secondary N) is 3. The molecule has 172 valence electrons. The number of amides is 2. The Bertz CT molecular complexity index is 947. The smallest absolute Gasteiger partial charge is 0.295 e. The lowest BCUT2D eigenvalue weighted by Crippen LogP contribution is -2.48. The van der Waals surface area contributed by atoms with Gasteiger partial charge in [0.05, 0.1) is 66.4 Å². The molecule has 0 saturated carbocycles. The molecule has 0 atom stereocenters. The van der Waals surface area contributed by atoms with Crippen LogP contribution in [0.25, 0.3) is 11.4 Å². The van der Waals surface area contributed by atoms with Crippen LogP contribution in [0.5, 0.6) is 0 Å². The molecule has 1 aromatic carbocycles. The van der Waals surface area contributed by atoms with Gasteiger partial charge in [0.1, 0.15) is 0 Å². The maximum Gasteiger partial charge on any atom is 0.295 e. The minimum atomic E-state index is -0.187. The van der Waals surface area contributed by atoms with E-state index >= 15 is 0 Å². The fourth-order valence-electron chi connectivity index (χ4n) is 2.73. The molecule has 32 heavy (non-hydrogen) atoms. The fraction of sp³-hybridized carbons (Fsp3) is 0.409. The van der Waals surface area contributed by atoms with Gasteiger partial charge >= 0.3 is 0 Å². The Morgan fingerprint density at radius 1 is 0.938 bits per heavy atom. The van der Waals surface area contributed by atoms with Crippen LogP contribution in [0.3, 0.4) is 0 Å². The molecule has 10 nitrogen and oxygen atoms in total. The molecular weight excluding hydrogens is 408 g/mol. The van der Waals surface area contributed by atoms with Gasteiger partial charge in [0, 0.05) is 5.56 Å². The van der Waals surface area contributed by atoms with E-state index in [1.807, 2.05) is 72.6 Å². The van der Waals surface area contributed by atoms with Crippen molar-refractivity contribution in [1.29, 1.82) is 0 Å². The Hall–Kier alpha value is -3.21. The number of likely N-dealkylation sites (N-methyl/N-ethyl adjacent to an activating group) is 2. The molecule has 10 heteroatoms. The average Bonchev–Trinajstić information content (AvgIpc) is 2.66. The summed E-state index contributed by atoms with van der Waals surface area (Å²) in [5, 5.41) is 4.03. The first-order chi connectivity index (χ1) is 14.9. The van der Waals surface area contributed by atoms with Crippen LogP contribution >= 0.6 is 0 Å². The summed E-state index contributed by atoms with van der Waals surface area (Å²) in [6.07, 6.45) is 1.49. The molecule has 0 radical (unpaired) electrons. The van der Waals surface area contributed by atoms with E-state index in [2.05, 4.69) is 31.3 Å². The number of quaternary nitrogens is 2. The van der Waals surface area contributed by atoms with E-state index in [4.69, 9.17) is 0 Å². The van der Waals surface area contributed by atoms with Crippen molar-refractivity contribution in [2.45, 2.75) is 6.54 Å². The number of hydrazine groups is 1. The second-order valence-corrected chi connectivity index (χ2v) is 9.57. The minimum absolute atomic E-state index is 0.114. The number of hydrazone groups is 1. The highest BCUT2D eigenvalue weighted by molar-refractivity contribution is 5.82. The zero-order chi connectivity index (χ0) is 23.8. The molecule has 1 heterocycles. The van der Waals surface area contributed by atoms with Gasteiger partial charge in [-0.25, -0.2) is 20.8 Å². The van der Waals surface area contributed by atoms with Gasteiger partial charge in [0.25, 0.3) is 11.8 Å².